The summed E-state index contributed by atoms with van der Waals surface area (Å²) >= 11 is 0. The Labute approximate surface area is 182 Å². The van der Waals surface area contributed by atoms with Gasteiger partial charge >= 0.3 is 6.18 Å². The van der Waals surface area contributed by atoms with Crippen LogP contribution in [0.3, 0.4) is 0 Å². The van der Waals surface area contributed by atoms with Gasteiger partial charge in [0.2, 0.25) is 5.60 Å². The van der Waals surface area contributed by atoms with Gasteiger partial charge in [-0.3, -0.25) is 19.8 Å². The average Bonchev–Trinajstić information content (AvgIpc) is 2.70. The van der Waals surface area contributed by atoms with Crippen molar-refractivity contribution >= 4 is 24.0 Å². The van der Waals surface area contributed by atoms with Gasteiger partial charge in [-0.15, -0.1) is 12.4 Å². The molecule has 2 aromatic heterocycles. The van der Waals surface area contributed by atoms with Gasteiger partial charge in [0.15, 0.2) is 5.78 Å². The Morgan fingerprint density at radius 2 is 2.00 bits per heavy atom. The highest BCUT2D eigenvalue weighted by Crippen LogP contribution is 2.40. The van der Waals surface area contributed by atoms with Gasteiger partial charge in [0, 0.05) is 11.9 Å². The largest absolute Gasteiger partial charge is 0.424 e. The second-order valence-electron chi connectivity index (χ2n) is 7.25. The molecule has 0 saturated carbocycles. The minimum Gasteiger partial charge on any atom is -0.385 e. The Bertz CT molecular complexity index is 1050. The number of aromatic nitrogens is 2. The maximum absolute atomic E-state index is 13.3. The number of alkyl halides is 3. The third kappa shape index (κ3) is 4.68. The van der Waals surface area contributed by atoms with E-state index in [1.165, 1.54) is 18.3 Å². The summed E-state index contributed by atoms with van der Waals surface area (Å²) in [5.74, 6) is -1.00. The third-order valence-electron chi connectivity index (χ3n) is 4.92. The smallest absolute Gasteiger partial charge is 0.385 e. The number of amidine groups is 1. The fraction of sp³-hybridized carbons (Fsp3) is 0.350. The van der Waals surface area contributed by atoms with Crippen LogP contribution in [0.5, 0.6) is 0 Å². The van der Waals surface area contributed by atoms with E-state index in [4.69, 9.17) is 15.7 Å². The minimum atomic E-state index is -4.71. The summed E-state index contributed by atoms with van der Waals surface area (Å²) in [6.07, 6.45) is -3.49. The van der Waals surface area contributed by atoms with E-state index in [0.717, 1.165) is 6.92 Å². The van der Waals surface area contributed by atoms with Crippen LogP contribution in [0.15, 0.2) is 41.5 Å². The molecule has 3 heterocycles. The summed E-state index contributed by atoms with van der Waals surface area (Å²) in [7, 11) is 0. The molecule has 0 aromatic carbocycles. The highest BCUT2D eigenvalue weighted by molar-refractivity contribution is 5.95. The molecule has 0 saturated heterocycles. The second-order valence-corrected chi connectivity index (χ2v) is 7.25. The first kappa shape index (κ1) is 24.2. The molecular weight excluding hydrogens is 435 g/mol. The van der Waals surface area contributed by atoms with Crippen molar-refractivity contribution in [2.24, 2.45) is 10.7 Å². The molecule has 2 atom stereocenters. The van der Waals surface area contributed by atoms with Gasteiger partial charge in [-0.05, 0) is 38.1 Å². The number of ketones is 1. The summed E-state index contributed by atoms with van der Waals surface area (Å²) in [5.41, 5.74) is 2.95. The SMILES string of the molecule is C[C@]1(c2cccc(CC(=O)c3ccc(C#N)cn3)n2)CO[C@@](C)(C(F)(F)F)C(N)=N1.Cl. The van der Waals surface area contributed by atoms with Gasteiger partial charge in [-0.25, -0.2) is 0 Å². The standard InChI is InChI=1S/C20H18F3N5O2.ClH/c1-18(11-30-19(2,17(25)28-18)20(21,22)23)16-5-3-4-13(27-16)8-15(29)14-7-6-12(9-24)10-26-14;/h3-7,10H,8,11H2,1-2H3,(H2,25,28);1H/t18-,19-;/m1./s1. The first-order valence-electron chi connectivity index (χ1n) is 8.91. The lowest BCUT2D eigenvalue weighted by atomic mass is 9.93. The molecule has 0 unspecified atom stereocenters. The normalized spacial score (nSPS) is 23.3. The Morgan fingerprint density at radius 1 is 1.29 bits per heavy atom. The van der Waals surface area contributed by atoms with Gasteiger partial charge in [0.05, 0.1) is 24.3 Å². The molecule has 3 rings (SSSR count). The second kappa shape index (κ2) is 8.61. The van der Waals surface area contributed by atoms with Crippen LogP contribution in [-0.4, -0.2) is 40.0 Å². The van der Waals surface area contributed by atoms with E-state index >= 15 is 0 Å². The highest BCUT2D eigenvalue weighted by atomic mass is 35.5. The number of rotatable bonds is 4. The number of pyridine rings is 2. The molecule has 2 N–H and O–H groups in total. The molecule has 164 valence electrons. The summed E-state index contributed by atoms with van der Waals surface area (Å²) < 4.78 is 45.0. The molecule has 0 amide bonds. The molecule has 31 heavy (non-hydrogen) atoms. The van der Waals surface area contributed by atoms with E-state index in [0.29, 0.717) is 17.0 Å². The fourth-order valence-corrected chi connectivity index (χ4v) is 2.88. The van der Waals surface area contributed by atoms with E-state index in [-0.39, 0.29) is 36.9 Å². The van der Waals surface area contributed by atoms with Crippen LogP contribution in [0.25, 0.3) is 0 Å². The quantitative estimate of drug-likeness (QED) is 0.711. The maximum Gasteiger partial charge on any atom is 0.424 e. The van der Waals surface area contributed by atoms with Gasteiger partial charge in [-0.2, -0.15) is 18.4 Å². The number of hydrogen-bond donors (Lipinski definition) is 1. The Balaban J connectivity index is 0.00000341. The van der Waals surface area contributed by atoms with Crippen LogP contribution >= 0.6 is 12.4 Å². The summed E-state index contributed by atoms with van der Waals surface area (Å²) in [6.45, 7) is 2.01. The number of aliphatic imine (C=N–C) groups is 1. The zero-order valence-electron chi connectivity index (χ0n) is 16.6. The van der Waals surface area contributed by atoms with E-state index in [1.807, 2.05) is 6.07 Å². The van der Waals surface area contributed by atoms with Crippen molar-refractivity contribution in [1.29, 1.82) is 5.26 Å². The fourth-order valence-electron chi connectivity index (χ4n) is 2.88. The molecule has 7 nitrogen and oxygen atoms in total. The van der Waals surface area contributed by atoms with E-state index in [9.17, 15) is 18.0 Å². The number of nitriles is 1. The van der Waals surface area contributed by atoms with Crippen LogP contribution in [0.2, 0.25) is 0 Å². The lowest BCUT2D eigenvalue weighted by Crippen LogP contribution is -2.60. The Kier molecular flexibility index (Phi) is 6.73. The average molecular weight is 454 g/mol. The first-order chi connectivity index (χ1) is 14.0. The van der Waals surface area contributed by atoms with Gasteiger partial charge in [-0.1, -0.05) is 6.07 Å². The number of nitrogens with two attached hydrogens (primary N) is 1. The number of nitrogens with zero attached hydrogens (tertiary/aromatic N) is 4. The van der Waals surface area contributed by atoms with Crippen LogP contribution in [0, 0.1) is 11.3 Å². The molecule has 0 spiro atoms. The van der Waals surface area contributed by atoms with Crippen LogP contribution < -0.4 is 5.73 Å². The lowest BCUT2D eigenvalue weighted by Gasteiger charge is -2.40. The van der Waals surface area contributed by atoms with Crippen LogP contribution in [0.4, 0.5) is 13.2 Å². The zero-order chi connectivity index (χ0) is 22.2. The molecule has 0 fully saturated rings. The van der Waals surface area contributed by atoms with E-state index in [1.54, 1.807) is 25.1 Å². The first-order valence-corrected chi connectivity index (χ1v) is 8.91. The molecule has 1 aliphatic heterocycles. The molecule has 1 aliphatic rings. The maximum atomic E-state index is 13.3. The number of ether oxygens (including phenoxy) is 1. The predicted molar refractivity (Wildman–Crippen MR) is 108 cm³/mol. The number of halogens is 4. The monoisotopic (exact) mass is 453 g/mol. The Hall–Kier alpha value is -3.03. The number of hydrogen-bond acceptors (Lipinski definition) is 7. The van der Waals surface area contributed by atoms with Crippen molar-refractivity contribution in [3.63, 3.8) is 0 Å². The molecule has 11 heteroatoms. The van der Waals surface area contributed by atoms with Crippen molar-refractivity contribution in [2.75, 3.05) is 6.61 Å². The van der Waals surface area contributed by atoms with Gasteiger partial charge < -0.3 is 10.5 Å². The van der Waals surface area contributed by atoms with Crippen molar-refractivity contribution < 1.29 is 22.7 Å². The number of Topliss-reactive ketones (excluding diaryl/α,β-unsaturated/α-hetero) is 1. The molecule has 2 aromatic rings. The van der Waals surface area contributed by atoms with Crippen molar-refractivity contribution in [3.05, 3.63) is 59.2 Å². The molecule has 0 radical (unpaired) electrons. The Morgan fingerprint density at radius 3 is 2.55 bits per heavy atom. The molecular formula is C20H19ClF3N5O2. The molecule has 0 aliphatic carbocycles. The van der Waals surface area contributed by atoms with Crippen molar-refractivity contribution in [3.8, 4) is 6.07 Å². The van der Waals surface area contributed by atoms with Crippen molar-refractivity contribution in [1.82, 2.24) is 9.97 Å². The predicted octanol–water partition coefficient (Wildman–Crippen LogP) is 3.12. The number of carbonyl (C=O) groups excluding carboxylic acids is 1. The van der Waals surface area contributed by atoms with Gasteiger partial charge in [0.1, 0.15) is 23.1 Å². The van der Waals surface area contributed by atoms with Crippen molar-refractivity contribution in [2.45, 2.75) is 37.6 Å². The van der Waals surface area contributed by atoms with E-state index < -0.39 is 23.2 Å². The van der Waals surface area contributed by atoms with E-state index in [2.05, 4.69) is 15.0 Å². The summed E-state index contributed by atoms with van der Waals surface area (Å²) in [6, 6.07) is 9.69. The summed E-state index contributed by atoms with van der Waals surface area (Å²) in [4.78, 5) is 24.8. The minimum absolute atomic E-state index is 0. The molecule has 0 bridgehead atoms. The number of carbonyl (C=O) groups is 1. The lowest BCUT2D eigenvalue weighted by molar-refractivity contribution is -0.249. The summed E-state index contributed by atoms with van der Waals surface area (Å²) in [5, 5.41) is 8.80. The van der Waals surface area contributed by atoms with Crippen LogP contribution in [-0.2, 0) is 16.7 Å². The third-order valence-corrected chi connectivity index (χ3v) is 4.92. The van der Waals surface area contributed by atoms with Crippen LogP contribution in [0.1, 0.15) is 41.3 Å². The topological polar surface area (TPSA) is 114 Å². The van der Waals surface area contributed by atoms with Gasteiger partial charge in [0.25, 0.3) is 0 Å². The zero-order valence-corrected chi connectivity index (χ0v) is 17.4. The highest BCUT2D eigenvalue weighted by Gasteiger charge is 2.59.